The van der Waals surface area contributed by atoms with Crippen LogP contribution in [-0.2, 0) is 19.8 Å². The molecule has 0 aliphatic heterocycles. The second-order valence-corrected chi connectivity index (χ2v) is 5.61. The summed E-state index contributed by atoms with van der Waals surface area (Å²) in [6, 6.07) is 4.67. The standard InChI is InChI=1S/C15H17ClF3N3O/c1-9-12(14(16)22(2)21-9)7-20-8-13(23)10-4-3-5-11(6-10)15(17,18)19/h3-6,13,20,23H,7-8H2,1-2H3. The molecular formula is C15H17ClF3N3O. The Hall–Kier alpha value is -1.57. The molecule has 0 saturated carbocycles. The van der Waals surface area contributed by atoms with Gasteiger partial charge in [-0.1, -0.05) is 23.7 Å². The molecule has 0 aliphatic carbocycles. The number of aromatic nitrogens is 2. The molecule has 126 valence electrons. The van der Waals surface area contributed by atoms with Gasteiger partial charge in [0.15, 0.2) is 0 Å². The monoisotopic (exact) mass is 347 g/mol. The molecular weight excluding hydrogens is 331 g/mol. The summed E-state index contributed by atoms with van der Waals surface area (Å²) in [7, 11) is 1.72. The average Bonchev–Trinajstić information content (AvgIpc) is 2.72. The number of halogens is 4. The van der Waals surface area contributed by atoms with E-state index in [0.29, 0.717) is 11.7 Å². The van der Waals surface area contributed by atoms with Crippen LogP contribution in [0.15, 0.2) is 24.3 Å². The minimum Gasteiger partial charge on any atom is -0.387 e. The highest BCUT2D eigenvalue weighted by Crippen LogP contribution is 2.30. The number of nitrogens with one attached hydrogen (secondary N) is 1. The van der Waals surface area contributed by atoms with E-state index < -0.39 is 17.8 Å². The quantitative estimate of drug-likeness (QED) is 0.873. The second-order valence-electron chi connectivity index (χ2n) is 5.25. The first-order chi connectivity index (χ1) is 10.7. The minimum absolute atomic E-state index is 0.103. The largest absolute Gasteiger partial charge is 0.416 e. The van der Waals surface area contributed by atoms with E-state index in [2.05, 4.69) is 10.4 Å². The lowest BCUT2D eigenvalue weighted by Gasteiger charge is -2.14. The van der Waals surface area contributed by atoms with Crippen LogP contribution in [0.3, 0.4) is 0 Å². The molecule has 0 spiro atoms. The Bertz CT molecular complexity index is 685. The first-order valence-corrected chi connectivity index (χ1v) is 7.32. The lowest BCUT2D eigenvalue weighted by Crippen LogP contribution is -2.21. The van der Waals surface area contributed by atoms with Gasteiger partial charge in [-0.15, -0.1) is 0 Å². The van der Waals surface area contributed by atoms with Crippen molar-refractivity contribution in [2.75, 3.05) is 6.54 Å². The molecule has 1 atom stereocenters. The molecule has 2 aromatic rings. The van der Waals surface area contributed by atoms with Crippen molar-refractivity contribution in [3.05, 3.63) is 51.8 Å². The Morgan fingerprint density at radius 1 is 1.39 bits per heavy atom. The van der Waals surface area contributed by atoms with Gasteiger partial charge in [-0.2, -0.15) is 18.3 Å². The van der Waals surface area contributed by atoms with Crippen LogP contribution in [0.25, 0.3) is 0 Å². The van der Waals surface area contributed by atoms with Gasteiger partial charge in [0.25, 0.3) is 0 Å². The first-order valence-electron chi connectivity index (χ1n) is 6.94. The maximum Gasteiger partial charge on any atom is 0.416 e. The van der Waals surface area contributed by atoms with E-state index in [1.54, 1.807) is 7.05 Å². The molecule has 1 aromatic heterocycles. The highest BCUT2D eigenvalue weighted by Gasteiger charge is 2.30. The minimum atomic E-state index is -4.43. The maximum absolute atomic E-state index is 12.7. The predicted molar refractivity (Wildman–Crippen MR) is 81.1 cm³/mol. The molecule has 1 heterocycles. The summed E-state index contributed by atoms with van der Waals surface area (Å²) in [4.78, 5) is 0. The molecule has 0 fully saturated rings. The number of hydrogen-bond acceptors (Lipinski definition) is 3. The molecule has 0 amide bonds. The fourth-order valence-electron chi connectivity index (χ4n) is 2.25. The number of nitrogens with zero attached hydrogens (tertiary/aromatic N) is 2. The number of benzene rings is 1. The number of alkyl halides is 3. The first kappa shape index (κ1) is 17.8. The Morgan fingerprint density at radius 2 is 2.09 bits per heavy atom. The van der Waals surface area contributed by atoms with Crippen LogP contribution in [0.1, 0.15) is 28.5 Å². The highest BCUT2D eigenvalue weighted by molar-refractivity contribution is 6.30. The van der Waals surface area contributed by atoms with Crippen molar-refractivity contribution >= 4 is 11.6 Å². The van der Waals surface area contributed by atoms with Gasteiger partial charge >= 0.3 is 6.18 Å². The lowest BCUT2D eigenvalue weighted by molar-refractivity contribution is -0.137. The number of hydrogen-bond donors (Lipinski definition) is 2. The SMILES string of the molecule is Cc1nn(C)c(Cl)c1CNCC(O)c1cccc(C(F)(F)F)c1. The molecule has 4 nitrogen and oxygen atoms in total. The molecule has 0 bridgehead atoms. The van der Waals surface area contributed by atoms with E-state index >= 15 is 0 Å². The Labute approximate surface area is 136 Å². The van der Waals surface area contributed by atoms with Crippen molar-refractivity contribution in [1.82, 2.24) is 15.1 Å². The zero-order valence-electron chi connectivity index (χ0n) is 12.7. The zero-order chi connectivity index (χ0) is 17.2. The molecule has 2 N–H and O–H groups in total. The van der Waals surface area contributed by atoms with Crippen molar-refractivity contribution in [3.8, 4) is 0 Å². The molecule has 23 heavy (non-hydrogen) atoms. The van der Waals surface area contributed by atoms with E-state index in [4.69, 9.17) is 11.6 Å². The second kappa shape index (κ2) is 6.90. The van der Waals surface area contributed by atoms with Crippen LogP contribution >= 0.6 is 11.6 Å². The van der Waals surface area contributed by atoms with Crippen molar-refractivity contribution in [2.24, 2.45) is 7.05 Å². The van der Waals surface area contributed by atoms with E-state index in [-0.39, 0.29) is 12.1 Å². The maximum atomic E-state index is 12.7. The number of aliphatic hydroxyl groups excluding tert-OH is 1. The fraction of sp³-hybridized carbons (Fsp3) is 0.400. The molecule has 0 aliphatic rings. The van der Waals surface area contributed by atoms with Crippen LogP contribution in [0.2, 0.25) is 5.15 Å². The molecule has 2 rings (SSSR count). The molecule has 1 unspecified atom stereocenters. The highest BCUT2D eigenvalue weighted by atomic mass is 35.5. The topological polar surface area (TPSA) is 50.1 Å². The predicted octanol–water partition coefficient (Wildman–Crippen LogP) is 3.22. The summed E-state index contributed by atoms with van der Waals surface area (Å²) in [6.45, 7) is 2.28. The molecule has 0 saturated heterocycles. The smallest absolute Gasteiger partial charge is 0.387 e. The number of rotatable bonds is 5. The van der Waals surface area contributed by atoms with Crippen molar-refractivity contribution in [2.45, 2.75) is 25.7 Å². The Balaban J connectivity index is 1.99. The van der Waals surface area contributed by atoms with Gasteiger partial charge in [0.1, 0.15) is 5.15 Å². The van der Waals surface area contributed by atoms with E-state index in [1.165, 1.54) is 16.8 Å². The summed E-state index contributed by atoms with van der Waals surface area (Å²) >= 11 is 6.09. The molecule has 1 aromatic carbocycles. The van der Waals surface area contributed by atoms with Crippen molar-refractivity contribution in [1.29, 1.82) is 0 Å². The van der Waals surface area contributed by atoms with Crippen molar-refractivity contribution < 1.29 is 18.3 Å². The lowest BCUT2D eigenvalue weighted by atomic mass is 10.1. The zero-order valence-corrected chi connectivity index (χ0v) is 13.4. The van der Waals surface area contributed by atoms with E-state index in [0.717, 1.165) is 23.4 Å². The van der Waals surface area contributed by atoms with Crippen LogP contribution < -0.4 is 5.32 Å². The van der Waals surface area contributed by atoms with Gasteiger partial charge in [0.05, 0.1) is 17.4 Å². The molecule has 8 heteroatoms. The van der Waals surface area contributed by atoms with Gasteiger partial charge in [0.2, 0.25) is 0 Å². The Morgan fingerprint density at radius 3 is 2.65 bits per heavy atom. The third-order valence-corrected chi connectivity index (χ3v) is 3.98. The third kappa shape index (κ3) is 4.25. The van der Waals surface area contributed by atoms with Crippen molar-refractivity contribution in [3.63, 3.8) is 0 Å². The van der Waals surface area contributed by atoms with Crippen LogP contribution in [0, 0.1) is 6.92 Å². The Kier molecular flexibility index (Phi) is 5.33. The normalized spacial score (nSPS) is 13.3. The van der Waals surface area contributed by atoms with Gasteiger partial charge in [-0.05, 0) is 24.6 Å². The van der Waals surface area contributed by atoms with Gasteiger partial charge in [-0.25, -0.2) is 0 Å². The van der Waals surface area contributed by atoms with E-state index in [1.807, 2.05) is 6.92 Å². The number of aliphatic hydroxyl groups is 1. The van der Waals surface area contributed by atoms with Crippen LogP contribution in [0.4, 0.5) is 13.2 Å². The summed E-state index contributed by atoms with van der Waals surface area (Å²) in [5.41, 5.74) is 0.991. The van der Waals surface area contributed by atoms with Crippen LogP contribution in [0.5, 0.6) is 0 Å². The summed E-state index contributed by atoms with van der Waals surface area (Å²) < 4.78 is 39.6. The fourth-order valence-corrected chi connectivity index (χ4v) is 2.49. The van der Waals surface area contributed by atoms with Gasteiger partial charge in [-0.3, -0.25) is 4.68 Å². The summed E-state index contributed by atoms with van der Waals surface area (Å²) in [5.74, 6) is 0. The van der Waals surface area contributed by atoms with E-state index in [9.17, 15) is 18.3 Å². The molecule has 0 radical (unpaired) electrons. The third-order valence-electron chi connectivity index (χ3n) is 3.51. The number of aryl methyl sites for hydroxylation is 2. The summed E-state index contributed by atoms with van der Waals surface area (Å²) in [5, 5.41) is 17.7. The van der Waals surface area contributed by atoms with Crippen LogP contribution in [-0.4, -0.2) is 21.4 Å². The van der Waals surface area contributed by atoms with Gasteiger partial charge in [0, 0.05) is 25.7 Å². The average molecular weight is 348 g/mol. The summed E-state index contributed by atoms with van der Waals surface area (Å²) in [6.07, 6.45) is -5.48. The van der Waals surface area contributed by atoms with Gasteiger partial charge < -0.3 is 10.4 Å².